The van der Waals surface area contributed by atoms with E-state index in [4.69, 9.17) is 9.47 Å². The van der Waals surface area contributed by atoms with E-state index in [1.807, 2.05) is 0 Å². The highest BCUT2D eigenvalue weighted by atomic mass is 16.6. The Morgan fingerprint density at radius 1 is 0.641 bits per heavy atom. The summed E-state index contributed by atoms with van der Waals surface area (Å²) in [6.45, 7) is 5.05. The third-order valence-corrected chi connectivity index (χ3v) is 6.33. The third kappa shape index (κ3) is 30.5. The molecule has 0 saturated heterocycles. The van der Waals surface area contributed by atoms with Gasteiger partial charge in [0.1, 0.15) is 6.10 Å². The third-order valence-electron chi connectivity index (χ3n) is 6.33. The number of aliphatic hydroxyl groups excluding tert-OH is 1. The lowest BCUT2D eigenvalue weighted by Crippen LogP contribution is -2.27. The molecule has 0 aromatic rings. The summed E-state index contributed by atoms with van der Waals surface area (Å²) in [5.74, 6) is -0.233. The standard InChI is InChI=1S/C35H60O4/c1-3-5-7-9-11-13-15-17-19-21-23-25-27-29-31-38-33-34(32-36)39-35(37)30-28-26-24-22-20-18-16-14-12-10-8-6-4-2/h5,7,11,13-14,16-17,19,23,25,34,36H,3-4,6,8-10,12,15,18,20-22,24,26-33H2,1-2H3/b7-5-,13-11-,16-14-,19-17-,25-23-. The van der Waals surface area contributed by atoms with Crippen LogP contribution >= 0.6 is 0 Å². The van der Waals surface area contributed by atoms with Crippen molar-refractivity contribution < 1.29 is 19.4 Å². The lowest BCUT2D eigenvalue weighted by Gasteiger charge is -2.15. The first-order chi connectivity index (χ1) is 19.2. The zero-order chi connectivity index (χ0) is 28.5. The number of aliphatic hydroxyl groups is 1. The SMILES string of the molecule is CC/C=C\C/C=C\C/C=C\C/C=C\CCCOCC(CO)OC(=O)CCCCCCC/C=C\CCCCCC. The Morgan fingerprint density at radius 2 is 1.15 bits per heavy atom. The highest BCUT2D eigenvalue weighted by Crippen LogP contribution is 2.10. The van der Waals surface area contributed by atoms with Crippen molar-refractivity contribution in [2.45, 2.75) is 136 Å². The monoisotopic (exact) mass is 544 g/mol. The molecule has 0 spiro atoms. The number of hydrogen-bond donors (Lipinski definition) is 1. The van der Waals surface area contributed by atoms with E-state index in [1.165, 1.54) is 44.9 Å². The maximum atomic E-state index is 12.1. The van der Waals surface area contributed by atoms with Crippen LogP contribution in [0.5, 0.6) is 0 Å². The molecular formula is C35H60O4. The second-order valence-corrected chi connectivity index (χ2v) is 10.1. The fourth-order valence-corrected chi connectivity index (χ4v) is 3.97. The van der Waals surface area contributed by atoms with Gasteiger partial charge in [0.15, 0.2) is 0 Å². The highest BCUT2D eigenvalue weighted by molar-refractivity contribution is 5.69. The number of carbonyl (C=O) groups is 1. The van der Waals surface area contributed by atoms with Gasteiger partial charge in [-0.15, -0.1) is 0 Å². The Kier molecular flexibility index (Phi) is 30.7. The molecule has 1 atom stereocenters. The number of hydrogen-bond acceptors (Lipinski definition) is 4. The summed E-state index contributed by atoms with van der Waals surface area (Å²) in [7, 11) is 0. The van der Waals surface area contributed by atoms with Crippen LogP contribution in [0.25, 0.3) is 0 Å². The molecule has 4 heteroatoms. The van der Waals surface area contributed by atoms with E-state index >= 15 is 0 Å². The molecule has 0 aromatic carbocycles. The van der Waals surface area contributed by atoms with Crippen molar-refractivity contribution in [1.29, 1.82) is 0 Å². The normalized spacial score (nSPS) is 13.2. The van der Waals surface area contributed by atoms with Gasteiger partial charge in [-0.3, -0.25) is 4.79 Å². The fourth-order valence-electron chi connectivity index (χ4n) is 3.97. The van der Waals surface area contributed by atoms with Crippen molar-refractivity contribution in [3.05, 3.63) is 60.8 Å². The number of unbranched alkanes of at least 4 members (excludes halogenated alkanes) is 10. The number of esters is 1. The van der Waals surface area contributed by atoms with Gasteiger partial charge in [0.25, 0.3) is 0 Å². The van der Waals surface area contributed by atoms with Crippen molar-refractivity contribution in [2.24, 2.45) is 0 Å². The smallest absolute Gasteiger partial charge is 0.306 e. The highest BCUT2D eigenvalue weighted by Gasteiger charge is 2.13. The van der Waals surface area contributed by atoms with Gasteiger partial charge in [0, 0.05) is 13.0 Å². The molecule has 0 aromatic heterocycles. The second-order valence-electron chi connectivity index (χ2n) is 10.1. The molecule has 4 nitrogen and oxygen atoms in total. The molecule has 39 heavy (non-hydrogen) atoms. The van der Waals surface area contributed by atoms with Crippen molar-refractivity contribution >= 4 is 5.97 Å². The number of rotatable bonds is 28. The van der Waals surface area contributed by atoms with Gasteiger partial charge in [0.2, 0.25) is 0 Å². The first-order valence-corrected chi connectivity index (χ1v) is 15.9. The van der Waals surface area contributed by atoms with E-state index < -0.39 is 6.10 Å². The van der Waals surface area contributed by atoms with Crippen LogP contribution in [0.2, 0.25) is 0 Å². The summed E-state index contributed by atoms with van der Waals surface area (Å²) < 4.78 is 11.0. The zero-order valence-corrected chi connectivity index (χ0v) is 25.4. The van der Waals surface area contributed by atoms with Crippen LogP contribution in [0.15, 0.2) is 60.8 Å². The van der Waals surface area contributed by atoms with Gasteiger partial charge in [-0.2, -0.15) is 0 Å². The maximum absolute atomic E-state index is 12.1. The van der Waals surface area contributed by atoms with Gasteiger partial charge in [-0.1, -0.05) is 113 Å². The molecule has 0 aliphatic heterocycles. The van der Waals surface area contributed by atoms with E-state index in [1.54, 1.807) is 0 Å². The molecule has 0 bridgehead atoms. The van der Waals surface area contributed by atoms with Crippen molar-refractivity contribution in [3.63, 3.8) is 0 Å². The summed E-state index contributed by atoms with van der Waals surface area (Å²) in [6, 6.07) is 0. The van der Waals surface area contributed by atoms with E-state index in [-0.39, 0.29) is 19.2 Å². The average Bonchev–Trinajstić information content (AvgIpc) is 2.94. The Morgan fingerprint density at radius 3 is 1.77 bits per heavy atom. The Bertz CT molecular complexity index is 660. The molecule has 1 N–H and O–H groups in total. The molecule has 0 saturated carbocycles. The minimum Gasteiger partial charge on any atom is -0.457 e. The van der Waals surface area contributed by atoms with Crippen LogP contribution in [0.4, 0.5) is 0 Å². The van der Waals surface area contributed by atoms with Gasteiger partial charge < -0.3 is 14.6 Å². The first-order valence-electron chi connectivity index (χ1n) is 15.9. The van der Waals surface area contributed by atoms with E-state index in [0.29, 0.717) is 13.0 Å². The molecule has 1 unspecified atom stereocenters. The molecule has 0 fully saturated rings. The lowest BCUT2D eigenvalue weighted by molar-refractivity contribution is -0.154. The maximum Gasteiger partial charge on any atom is 0.306 e. The van der Waals surface area contributed by atoms with E-state index in [2.05, 4.69) is 74.6 Å². The minimum absolute atomic E-state index is 0.200. The number of allylic oxidation sites excluding steroid dienone is 10. The zero-order valence-electron chi connectivity index (χ0n) is 25.4. The quantitative estimate of drug-likeness (QED) is 0.0605. The summed E-state index contributed by atoms with van der Waals surface area (Å²) in [6.07, 6.45) is 41.1. The van der Waals surface area contributed by atoms with Gasteiger partial charge >= 0.3 is 5.97 Å². The molecule has 224 valence electrons. The topological polar surface area (TPSA) is 55.8 Å². The molecule has 0 rings (SSSR count). The molecule has 0 radical (unpaired) electrons. The fraction of sp³-hybridized carbons (Fsp3) is 0.686. The van der Waals surface area contributed by atoms with Crippen molar-refractivity contribution in [1.82, 2.24) is 0 Å². The summed E-state index contributed by atoms with van der Waals surface area (Å²) >= 11 is 0. The molecule has 0 amide bonds. The Balaban J connectivity index is 3.60. The van der Waals surface area contributed by atoms with Gasteiger partial charge in [-0.05, 0) is 70.6 Å². The summed E-state index contributed by atoms with van der Waals surface area (Å²) in [5, 5.41) is 9.50. The van der Waals surface area contributed by atoms with Crippen LogP contribution in [0.1, 0.15) is 129 Å². The largest absolute Gasteiger partial charge is 0.457 e. The van der Waals surface area contributed by atoms with Gasteiger partial charge in [-0.25, -0.2) is 0 Å². The second kappa shape index (κ2) is 32.3. The van der Waals surface area contributed by atoms with Crippen LogP contribution in [-0.2, 0) is 14.3 Å². The van der Waals surface area contributed by atoms with Crippen LogP contribution in [0, 0.1) is 0 Å². The molecule has 0 aliphatic rings. The van der Waals surface area contributed by atoms with E-state index in [9.17, 15) is 9.90 Å². The van der Waals surface area contributed by atoms with Crippen LogP contribution < -0.4 is 0 Å². The van der Waals surface area contributed by atoms with Crippen LogP contribution in [0.3, 0.4) is 0 Å². The van der Waals surface area contributed by atoms with Crippen molar-refractivity contribution in [3.8, 4) is 0 Å². The number of ether oxygens (including phenoxy) is 2. The summed E-state index contributed by atoms with van der Waals surface area (Å²) in [4.78, 5) is 12.1. The average molecular weight is 545 g/mol. The first kappa shape index (κ1) is 37.1. The van der Waals surface area contributed by atoms with Crippen molar-refractivity contribution in [2.75, 3.05) is 19.8 Å². The predicted molar refractivity (Wildman–Crippen MR) is 168 cm³/mol. The Hall–Kier alpha value is -1.91. The Labute approximate surface area is 241 Å². The number of carbonyl (C=O) groups excluding carboxylic acids is 1. The van der Waals surface area contributed by atoms with Gasteiger partial charge in [0.05, 0.1) is 13.2 Å². The predicted octanol–water partition coefficient (Wildman–Crippen LogP) is 9.75. The molecular weight excluding hydrogens is 484 g/mol. The molecule has 0 aliphatic carbocycles. The van der Waals surface area contributed by atoms with E-state index in [0.717, 1.165) is 64.2 Å². The van der Waals surface area contributed by atoms with Crippen LogP contribution in [-0.4, -0.2) is 37.0 Å². The lowest BCUT2D eigenvalue weighted by atomic mass is 10.1. The minimum atomic E-state index is -0.566. The summed E-state index contributed by atoms with van der Waals surface area (Å²) in [5.41, 5.74) is 0. The molecule has 0 heterocycles.